The molecule has 9 heavy (non-hydrogen) atoms. The Labute approximate surface area is 63.9 Å². The SMILES string of the molecule is Cl.Cl.NC(=O)C(N)=O.O. The van der Waals surface area contributed by atoms with Crippen LogP contribution in [0.2, 0.25) is 0 Å². The van der Waals surface area contributed by atoms with Gasteiger partial charge in [0, 0.05) is 0 Å². The van der Waals surface area contributed by atoms with Crippen LogP contribution in [0.25, 0.3) is 0 Å². The molecule has 0 aliphatic carbocycles. The first kappa shape index (κ1) is 23.6. The molecule has 0 rings (SSSR count). The first-order valence-corrected chi connectivity index (χ1v) is 1.24. The summed E-state index contributed by atoms with van der Waals surface area (Å²) in [5.41, 5.74) is 8.64. The van der Waals surface area contributed by atoms with E-state index >= 15 is 0 Å². The first-order chi connectivity index (χ1) is 2.64. The minimum absolute atomic E-state index is 0. The predicted molar refractivity (Wildman–Crippen MR) is 36.5 cm³/mol. The van der Waals surface area contributed by atoms with Gasteiger partial charge in [0.15, 0.2) is 0 Å². The Morgan fingerprint density at radius 2 is 1.00 bits per heavy atom. The van der Waals surface area contributed by atoms with E-state index in [1.54, 1.807) is 0 Å². The smallest absolute Gasteiger partial charge is 0.306 e. The van der Waals surface area contributed by atoms with Gasteiger partial charge in [-0.15, -0.1) is 24.8 Å². The number of hydrogen-bond acceptors (Lipinski definition) is 2. The molecule has 0 heterocycles. The molecule has 5 nitrogen and oxygen atoms in total. The van der Waals surface area contributed by atoms with Gasteiger partial charge in [-0.3, -0.25) is 9.59 Å². The zero-order chi connectivity index (χ0) is 5.15. The van der Waals surface area contributed by atoms with Gasteiger partial charge in [-0.1, -0.05) is 0 Å². The molecule has 0 bridgehead atoms. The first-order valence-electron chi connectivity index (χ1n) is 1.24. The van der Waals surface area contributed by atoms with E-state index in [-0.39, 0.29) is 30.3 Å². The maximum Gasteiger partial charge on any atom is 0.306 e. The molecular formula is C2H8Cl2N2O3. The Bertz CT molecular complexity index is 83.8. The molecule has 0 atom stereocenters. The van der Waals surface area contributed by atoms with Crippen LogP contribution >= 0.6 is 24.8 Å². The zero-order valence-electron chi connectivity index (χ0n) is 4.29. The Balaban J connectivity index is -0.0000000417. The molecular weight excluding hydrogens is 171 g/mol. The summed E-state index contributed by atoms with van der Waals surface area (Å²) in [5, 5.41) is 0. The van der Waals surface area contributed by atoms with E-state index in [0.29, 0.717) is 0 Å². The van der Waals surface area contributed by atoms with Gasteiger partial charge < -0.3 is 16.9 Å². The lowest BCUT2D eigenvalue weighted by atomic mass is 10.6. The Morgan fingerprint density at radius 3 is 1.00 bits per heavy atom. The Morgan fingerprint density at radius 1 is 0.889 bits per heavy atom. The van der Waals surface area contributed by atoms with Gasteiger partial charge in [0.2, 0.25) is 0 Å². The number of nitrogens with two attached hydrogens (primary N) is 2. The van der Waals surface area contributed by atoms with Crippen molar-refractivity contribution < 1.29 is 15.1 Å². The van der Waals surface area contributed by atoms with Crippen molar-refractivity contribution in [3.63, 3.8) is 0 Å². The third-order valence-corrected chi connectivity index (χ3v) is 0.243. The summed E-state index contributed by atoms with van der Waals surface area (Å²) in [6.45, 7) is 0. The maximum atomic E-state index is 9.45. The largest absolute Gasteiger partial charge is 0.412 e. The summed E-state index contributed by atoms with van der Waals surface area (Å²) in [5.74, 6) is -2.20. The minimum Gasteiger partial charge on any atom is -0.412 e. The topological polar surface area (TPSA) is 118 Å². The molecule has 0 fully saturated rings. The van der Waals surface area contributed by atoms with Crippen LogP contribution in [0.4, 0.5) is 0 Å². The fourth-order valence-corrected chi connectivity index (χ4v) is 0. The molecule has 58 valence electrons. The average Bonchev–Trinajstić information content (AvgIpc) is 1.36. The minimum atomic E-state index is -1.10. The lowest BCUT2D eigenvalue weighted by molar-refractivity contribution is -0.135. The van der Waals surface area contributed by atoms with Gasteiger partial charge in [0.1, 0.15) is 0 Å². The molecule has 0 aromatic carbocycles. The molecule has 0 unspecified atom stereocenters. The van der Waals surface area contributed by atoms with Crippen LogP contribution in [0, 0.1) is 0 Å². The number of carbonyl (C=O) groups is 2. The van der Waals surface area contributed by atoms with Gasteiger partial charge in [0.25, 0.3) is 0 Å². The second-order valence-corrected chi connectivity index (χ2v) is 0.729. The lowest BCUT2D eigenvalue weighted by Crippen LogP contribution is -2.29. The number of halogens is 2. The summed E-state index contributed by atoms with van der Waals surface area (Å²) in [6, 6.07) is 0. The van der Waals surface area contributed by atoms with E-state index in [2.05, 4.69) is 11.5 Å². The van der Waals surface area contributed by atoms with Crippen LogP contribution in [0.1, 0.15) is 0 Å². The van der Waals surface area contributed by atoms with Gasteiger partial charge in [-0.05, 0) is 0 Å². The quantitative estimate of drug-likeness (QED) is 0.417. The molecule has 7 heteroatoms. The third-order valence-electron chi connectivity index (χ3n) is 0.243. The highest BCUT2D eigenvalue weighted by molar-refractivity contribution is 6.33. The van der Waals surface area contributed by atoms with Crippen LogP contribution < -0.4 is 11.5 Å². The molecule has 0 spiro atoms. The monoisotopic (exact) mass is 178 g/mol. The number of primary amides is 2. The van der Waals surface area contributed by atoms with Crippen molar-refractivity contribution in [1.29, 1.82) is 0 Å². The van der Waals surface area contributed by atoms with Gasteiger partial charge in [-0.25, -0.2) is 0 Å². The van der Waals surface area contributed by atoms with Crippen LogP contribution in [0.5, 0.6) is 0 Å². The summed E-state index contributed by atoms with van der Waals surface area (Å²) in [4.78, 5) is 18.9. The van der Waals surface area contributed by atoms with E-state index in [9.17, 15) is 9.59 Å². The molecule has 0 aliphatic rings. The molecule has 0 aliphatic heterocycles. The fourth-order valence-electron chi connectivity index (χ4n) is 0. The molecule has 0 saturated carbocycles. The van der Waals surface area contributed by atoms with E-state index in [4.69, 9.17) is 0 Å². The summed E-state index contributed by atoms with van der Waals surface area (Å²) >= 11 is 0. The van der Waals surface area contributed by atoms with Crippen LogP contribution in [-0.4, -0.2) is 17.3 Å². The highest BCUT2D eigenvalue weighted by Crippen LogP contribution is 1.44. The van der Waals surface area contributed by atoms with Crippen LogP contribution in [0.3, 0.4) is 0 Å². The van der Waals surface area contributed by atoms with Gasteiger partial charge in [-0.2, -0.15) is 0 Å². The Hall–Kier alpha value is -0.520. The van der Waals surface area contributed by atoms with Crippen molar-refractivity contribution in [3.8, 4) is 0 Å². The van der Waals surface area contributed by atoms with Crippen molar-refractivity contribution in [2.75, 3.05) is 0 Å². The van der Waals surface area contributed by atoms with E-state index < -0.39 is 11.8 Å². The summed E-state index contributed by atoms with van der Waals surface area (Å²) in [7, 11) is 0. The zero-order valence-corrected chi connectivity index (χ0v) is 5.92. The molecule has 0 aromatic heterocycles. The van der Waals surface area contributed by atoms with E-state index in [1.807, 2.05) is 0 Å². The number of amides is 2. The predicted octanol–water partition coefficient (Wildman–Crippen LogP) is -2.02. The van der Waals surface area contributed by atoms with Crippen molar-refractivity contribution in [2.24, 2.45) is 11.5 Å². The normalized spacial score (nSPS) is 4.89. The summed E-state index contributed by atoms with van der Waals surface area (Å²) < 4.78 is 0. The number of rotatable bonds is 0. The highest BCUT2D eigenvalue weighted by atomic mass is 35.5. The van der Waals surface area contributed by atoms with Crippen molar-refractivity contribution >= 4 is 36.6 Å². The second kappa shape index (κ2) is 10.5. The average molecular weight is 179 g/mol. The van der Waals surface area contributed by atoms with Crippen molar-refractivity contribution in [2.45, 2.75) is 0 Å². The maximum absolute atomic E-state index is 9.45. The van der Waals surface area contributed by atoms with Crippen LogP contribution in [-0.2, 0) is 9.59 Å². The van der Waals surface area contributed by atoms with E-state index in [1.165, 1.54) is 0 Å². The second-order valence-electron chi connectivity index (χ2n) is 0.729. The van der Waals surface area contributed by atoms with E-state index in [0.717, 1.165) is 0 Å². The fraction of sp³-hybridized carbons (Fsp3) is 0. The highest BCUT2D eigenvalue weighted by Gasteiger charge is 1.96. The number of carbonyl (C=O) groups excluding carboxylic acids is 2. The molecule has 6 N–H and O–H groups in total. The van der Waals surface area contributed by atoms with Gasteiger partial charge in [0.05, 0.1) is 0 Å². The lowest BCUT2D eigenvalue weighted by Gasteiger charge is -1.75. The van der Waals surface area contributed by atoms with Crippen molar-refractivity contribution in [1.82, 2.24) is 0 Å². The van der Waals surface area contributed by atoms with Crippen LogP contribution in [0.15, 0.2) is 0 Å². The number of hydrogen-bond donors (Lipinski definition) is 2. The Kier molecular flexibility index (Phi) is 27.5. The van der Waals surface area contributed by atoms with Crippen molar-refractivity contribution in [3.05, 3.63) is 0 Å². The third kappa shape index (κ3) is 18.5. The molecule has 0 saturated heterocycles. The summed E-state index contributed by atoms with van der Waals surface area (Å²) in [6.07, 6.45) is 0. The molecule has 0 radical (unpaired) electrons. The molecule has 0 aromatic rings. The van der Waals surface area contributed by atoms with Gasteiger partial charge >= 0.3 is 11.8 Å². The molecule has 2 amide bonds. The standard InChI is InChI=1S/C2H4N2O2.2ClH.H2O/c3-1(5)2(4)6;;;/h(H2,3,5)(H2,4,6);2*1H;1H2.